The highest BCUT2D eigenvalue weighted by atomic mass is 19.1. The Labute approximate surface area is 156 Å². The van der Waals surface area contributed by atoms with Gasteiger partial charge in [0.15, 0.2) is 11.5 Å². The van der Waals surface area contributed by atoms with E-state index in [0.717, 1.165) is 35.3 Å². The Balaban J connectivity index is 1.39. The highest BCUT2D eigenvalue weighted by Gasteiger charge is 2.30. The van der Waals surface area contributed by atoms with Crippen LogP contribution in [0.1, 0.15) is 12.0 Å². The maximum atomic E-state index is 13.3. The number of rotatable bonds is 4. The van der Waals surface area contributed by atoms with E-state index in [1.165, 1.54) is 0 Å². The fourth-order valence-electron chi connectivity index (χ4n) is 3.53. The molecule has 0 radical (unpaired) electrons. The summed E-state index contributed by atoms with van der Waals surface area (Å²) in [7, 11) is 0. The molecule has 0 aliphatic carbocycles. The first-order valence-electron chi connectivity index (χ1n) is 8.99. The number of piperidine rings is 1. The van der Waals surface area contributed by atoms with Crippen LogP contribution in [0.15, 0.2) is 36.4 Å². The fourth-order valence-corrected chi connectivity index (χ4v) is 3.53. The van der Waals surface area contributed by atoms with E-state index < -0.39 is 23.8 Å². The molecule has 2 atom stereocenters. The molecule has 0 aromatic heterocycles. The van der Waals surface area contributed by atoms with E-state index in [-0.39, 0.29) is 5.75 Å². The second kappa shape index (κ2) is 7.70. The van der Waals surface area contributed by atoms with Crippen molar-refractivity contribution in [1.29, 1.82) is 0 Å². The molecule has 0 unspecified atom stereocenters. The second-order valence-electron chi connectivity index (χ2n) is 6.79. The number of ether oxygens (including phenoxy) is 3. The summed E-state index contributed by atoms with van der Waals surface area (Å²) in [4.78, 5) is 2.10. The highest BCUT2D eigenvalue weighted by Crippen LogP contribution is 2.34. The molecule has 5 nitrogen and oxygen atoms in total. The number of halogens is 2. The lowest BCUT2D eigenvalue weighted by Crippen LogP contribution is -2.48. The van der Waals surface area contributed by atoms with Gasteiger partial charge in [0.2, 0.25) is 0 Å². The van der Waals surface area contributed by atoms with Crippen molar-refractivity contribution in [3.05, 3.63) is 53.6 Å². The van der Waals surface area contributed by atoms with Gasteiger partial charge in [-0.1, -0.05) is 12.1 Å². The summed E-state index contributed by atoms with van der Waals surface area (Å²) in [6, 6.07) is 8.82. The van der Waals surface area contributed by atoms with Crippen LogP contribution in [0.3, 0.4) is 0 Å². The maximum absolute atomic E-state index is 13.3. The first-order valence-corrected chi connectivity index (χ1v) is 8.99. The van der Waals surface area contributed by atoms with Gasteiger partial charge in [0, 0.05) is 43.4 Å². The van der Waals surface area contributed by atoms with E-state index in [2.05, 4.69) is 4.90 Å². The molecular weight excluding hydrogens is 356 g/mol. The first-order chi connectivity index (χ1) is 13.1. The number of benzene rings is 2. The molecule has 144 valence electrons. The van der Waals surface area contributed by atoms with Crippen molar-refractivity contribution in [3.8, 4) is 17.2 Å². The Kier molecular flexibility index (Phi) is 5.13. The summed E-state index contributed by atoms with van der Waals surface area (Å²) in [5.74, 6) is 0.186. The van der Waals surface area contributed by atoms with Crippen LogP contribution in [0.25, 0.3) is 0 Å². The molecule has 1 saturated heterocycles. The lowest BCUT2D eigenvalue weighted by molar-refractivity contribution is -0.0279. The zero-order valence-electron chi connectivity index (χ0n) is 14.7. The largest absolute Gasteiger partial charge is 0.487 e. The molecule has 2 aliphatic heterocycles. The van der Waals surface area contributed by atoms with Crippen molar-refractivity contribution < 1.29 is 28.1 Å². The standard InChI is InChI=1S/C20H21F2NO4/c21-14-8-15(22)10-16(9-14)27-18-4-5-23(12-17(18)24)11-13-2-1-3-19-20(13)26-7-6-25-19/h1-3,8-10,17-18,24H,4-7,11-12H2/t17-,18-/m1/s1. The Morgan fingerprint density at radius 3 is 2.67 bits per heavy atom. The summed E-state index contributed by atoms with van der Waals surface area (Å²) in [5, 5.41) is 10.4. The van der Waals surface area contributed by atoms with E-state index in [1.807, 2.05) is 18.2 Å². The molecule has 7 heteroatoms. The Morgan fingerprint density at radius 2 is 1.89 bits per heavy atom. The van der Waals surface area contributed by atoms with E-state index >= 15 is 0 Å². The highest BCUT2D eigenvalue weighted by molar-refractivity contribution is 5.47. The average molecular weight is 377 g/mol. The molecular formula is C20H21F2NO4. The molecule has 1 fully saturated rings. The minimum Gasteiger partial charge on any atom is -0.487 e. The van der Waals surface area contributed by atoms with E-state index in [4.69, 9.17) is 14.2 Å². The molecule has 0 amide bonds. The number of nitrogens with zero attached hydrogens (tertiary/aromatic N) is 1. The van der Waals surface area contributed by atoms with E-state index in [0.29, 0.717) is 39.3 Å². The summed E-state index contributed by atoms with van der Waals surface area (Å²) >= 11 is 0. The molecule has 27 heavy (non-hydrogen) atoms. The fraction of sp³-hybridized carbons (Fsp3) is 0.400. The maximum Gasteiger partial charge on any atom is 0.165 e. The predicted octanol–water partition coefficient (Wildman–Crippen LogP) is 2.75. The van der Waals surface area contributed by atoms with Crippen LogP contribution < -0.4 is 14.2 Å². The Hall–Kier alpha value is -2.38. The van der Waals surface area contributed by atoms with Gasteiger partial charge in [-0.3, -0.25) is 4.90 Å². The molecule has 2 aromatic carbocycles. The molecule has 1 N–H and O–H groups in total. The van der Waals surface area contributed by atoms with Crippen LogP contribution in [0.2, 0.25) is 0 Å². The lowest BCUT2D eigenvalue weighted by atomic mass is 10.0. The molecule has 2 heterocycles. The van der Waals surface area contributed by atoms with Crippen LogP contribution in [0.4, 0.5) is 8.78 Å². The van der Waals surface area contributed by atoms with Gasteiger partial charge in [0.05, 0.1) is 0 Å². The van der Waals surface area contributed by atoms with Crippen molar-refractivity contribution in [2.45, 2.75) is 25.2 Å². The minimum absolute atomic E-state index is 0.0904. The number of aliphatic hydroxyl groups is 1. The van der Waals surface area contributed by atoms with Gasteiger partial charge >= 0.3 is 0 Å². The van der Waals surface area contributed by atoms with Crippen molar-refractivity contribution in [3.63, 3.8) is 0 Å². The number of hydrogen-bond acceptors (Lipinski definition) is 5. The van der Waals surface area contributed by atoms with Crippen LogP contribution in [0, 0.1) is 11.6 Å². The second-order valence-corrected chi connectivity index (χ2v) is 6.79. The molecule has 0 bridgehead atoms. The molecule has 0 spiro atoms. The van der Waals surface area contributed by atoms with Crippen molar-refractivity contribution in [2.75, 3.05) is 26.3 Å². The summed E-state index contributed by atoms with van der Waals surface area (Å²) in [6.45, 7) is 2.76. The van der Waals surface area contributed by atoms with Gasteiger partial charge in [-0.15, -0.1) is 0 Å². The number of likely N-dealkylation sites (tertiary alicyclic amines) is 1. The smallest absolute Gasteiger partial charge is 0.165 e. The van der Waals surface area contributed by atoms with Gasteiger partial charge in [-0.05, 0) is 12.5 Å². The number of β-amino-alcohol motifs (C(OH)–C–C–N with tert-alkyl or cyclic N) is 1. The topological polar surface area (TPSA) is 51.2 Å². The molecule has 4 rings (SSSR count). The lowest BCUT2D eigenvalue weighted by Gasteiger charge is -2.36. The average Bonchev–Trinajstić information content (AvgIpc) is 2.63. The molecule has 2 aromatic rings. The minimum atomic E-state index is -0.762. The van der Waals surface area contributed by atoms with Gasteiger partial charge in [0.25, 0.3) is 0 Å². The van der Waals surface area contributed by atoms with Gasteiger partial charge in [0.1, 0.15) is 42.8 Å². The van der Waals surface area contributed by atoms with Crippen LogP contribution in [-0.4, -0.2) is 48.5 Å². The van der Waals surface area contributed by atoms with Crippen molar-refractivity contribution >= 4 is 0 Å². The summed E-state index contributed by atoms with van der Waals surface area (Å²) in [5.41, 5.74) is 1.01. The van der Waals surface area contributed by atoms with Crippen LogP contribution in [0.5, 0.6) is 17.2 Å². The number of aliphatic hydroxyl groups excluding tert-OH is 1. The molecule has 2 aliphatic rings. The Bertz CT molecular complexity index is 796. The predicted molar refractivity (Wildman–Crippen MR) is 94.1 cm³/mol. The van der Waals surface area contributed by atoms with Gasteiger partial charge in [-0.25, -0.2) is 8.78 Å². The first kappa shape index (κ1) is 18.0. The van der Waals surface area contributed by atoms with E-state index in [1.54, 1.807) is 0 Å². The summed E-state index contributed by atoms with van der Waals surface area (Å²) in [6.07, 6.45) is -0.723. The third kappa shape index (κ3) is 4.14. The molecule has 0 saturated carbocycles. The third-order valence-corrected chi connectivity index (χ3v) is 4.77. The number of fused-ring (bicyclic) bond motifs is 1. The van der Waals surface area contributed by atoms with Crippen LogP contribution >= 0.6 is 0 Å². The number of hydrogen-bond donors (Lipinski definition) is 1. The zero-order chi connectivity index (χ0) is 18.8. The van der Waals surface area contributed by atoms with Gasteiger partial charge < -0.3 is 19.3 Å². The van der Waals surface area contributed by atoms with Crippen molar-refractivity contribution in [1.82, 2.24) is 4.90 Å². The zero-order valence-corrected chi connectivity index (χ0v) is 14.7. The SMILES string of the molecule is O[C@@H]1CN(Cc2cccc3c2OCCO3)CC[C@H]1Oc1cc(F)cc(F)c1. The van der Waals surface area contributed by atoms with Gasteiger partial charge in [-0.2, -0.15) is 0 Å². The van der Waals surface area contributed by atoms with Crippen molar-refractivity contribution in [2.24, 2.45) is 0 Å². The van der Waals surface area contributed by atoms with E-state index in [9.17, 15) is 13.9 Å². The quantitative estimate of drug-likeness (QED) is 0.888. The third-order valence-electron chi connectivity index (χ3n) is 4.77. The number of para-hydroxylation sites is 1. The Morgan fingerprint density at radius 1 is 1.11 bits per heavy atom. The summed E-state index contributed by atoms with van der Waals surface area (Å²) < 4.78 is 43.6. The van der Waals surface area contributed by atoms with Crippen LogP contribution in [-0.2, 0) is 6.54 Å². The normalized spacial score (nSPS) is 22.5. The monoisotopic (exact) mass is 377 g/mol.